The largest absolute Gasteiger partial charge is 0.326 e. The molecule has 2 aromatic carbocycles. The smallest absolute Gasteiger partial charge is 0.265 e. The van der Waals surface area contributed by atoms with E-state index in [2.05, 4.69) is 16.5 Å². The van der Waals surface area contributed by atoms with Gasteiger partial charge < -0.3 is 5.32 Å². The van der Waals surface area contributed by atoms with Crippen LogP contribution in [0, 0.1) is 13.8 Å². The number of benzene rings is 2. The monoisotopic (exact) mass is 473 g/mol. The van der Waals surface area contributed by atoms with Crippen molar-refractivity contribution in [3.63, 3.8) is 0 Å². The predicted octanol–water partition coefficient (Wildman–Crippen LogP) is 4.08. The Bertz CT molecular complexity index is 1500. The fraction of sp³-hybridized carbons (Fsp3) is 0.240. The van der Waals surface area contributed by atoms with Gasteiger partial charge in [-0.1, -0.05) is 29.5 Å². The van der Waals surface area contributed by atoms with Gasteiger partial charge in [0, 0.05) is 23.4 Å². The van der Waals surface area contributed by atoms with Crippen LogP contribution in [0.4, 0.5) is 5.69 Å². The number of hydrogen-bond donors (Lipinski definition) is 1. The van der Waals surface area contributed by atoms with E-state index in [4.69, 9.17) is 4.98 Å². The van der Waals surface area contributed by atoms with Gasteiger partial charge in [-0.3, -0.25) is 19.0 Å². The van der Waals surface area contributed by atoms with Gasteiger partial charge in [0.1, 0.15) is 5.39 Å². The zero-order valence-electron chi connectivity index (χ0n) is 19.0. The molecule has 34 heavy (non-hydrogen) atoms. The summed E-state index contributed by atoms with van der Waals surface area (Å²) in [4.78, 5) is 42.2. The molecule has 0 saturated heterocycles. The zero-order chi connectivity index (χ0) is 24.0. The average molecular weight is 474 g/mol. The van der Waals surface area contributed by atoms with E-state index in [1.165, 1.54) is 18.7 Å². The molecule has 8 nitrogen and oxygen atoms in total. The SMILES string of the molecule is CC(=O)c1ccc(NC(=O)CC2CSc3nc4c(cnn4-c4ccc(C)cc4C)c(=O)n32)cc1. The highest BCUT2D eigenvalue weighted by atomic mass is 32.2. The van der Waals surface area contributed by atoms with Gasteiger partial charge in [0.2, 0.25) is 5.91 Å². The first-order valence-electron chi connectivity index (χ1n) is 10.9. The van der Waals surface area contributed by atoms with Crippen molar-refractivity contribution in [1.82, 2.24) is 19.3 Å². The minimum atomic E-state index is -0.301. The maximum Gasteiger partial charge on any atom is 0.265 e. The fourth-order valence-electron chi connectivity index (χ4n) is 4.21. The second-order valence-corrected chi connectivity index (χ2v) is 9.49. The third-order valence-corrected chi connectivity index (χ3v) is 7.04. The first-order valence-corrected chi connectivity index (χ1v) is 11.9. The lowest BCUT2D eigenvalue weighted by Crippen LogP contribution is -2.27. The summed E-state index contributed by atoms with van der Waals surface area (Å²) in [6.07, 6.45) is 1.70. The van der Waals surface area contributed by atoms with E-state index in [-0.39, 0.29) is 29.7 Å². The zero-order valence-corrected chi connectivity index (χ0v) is 19.8. The minimum absolute atomic E-state index is 0.0310. The number of carbonyl (C=O) groups is 2. The number of rotatable bonds is 5. The second-order valence-electron chi connectivity index (χ2n) is 8.50. The lowest BCUT2D eigenvalue weighted by Gasteiger charge is -2.14. The molecule has 0 radical (unpaired) electrons. The number of amides is 1. The highest BCUT2D eigenvalue weighted by molar-refractivity contribution is 7.99. The number of anilines is 1. The van der Waals surface area contributed by atoms with Gasteiger partial charge in [0.05, 0.1) is 17.9 Å². The number of nitrogens with zero attached hydrogens (tertiary/aromatic N) is 4. The van der Waals surface area contributed by atoms with E-state index in [0.717, 1.165) is 16.8 Å². The summed E-state index contributed by atoms with van der Waals surface area (Å²) in [6.45, 7) is 5.54. The third-order valence-electron chi connectivity index (χ3n) is 5.95. The average Bonchev–Trinajstić information content (AvgIpc) is 3.39. The molecule has 0 spiro atoms. The quantitative estimate of drug-likeness (QED) is 0.346. The molecule has 1 aliphatic heterocycles. The van der Waals surface area contributed by atoms with Gasteiger partial charge >= 0.3 is 0 Å². The Hall–Kier alpha value is -3.72. The van der Waals surface area contributed by atoms with Crippen molar-refractivity contribution < 1.29 is 9.59 Å². The molecule has 3 heterocycles. The number of hydrogen-bond acceptors (Lipinski definition) is 6. The van der Waals surface area contributed by atoms with Crippen LogP contribution in [0.3, 0.4) is 0 Å². The molecule has 2 aromatic heterocycles. The molecule has 5 rings (SSSR count). The lowest BCUT2D eigenvalue weighted by atomic mass is 10.1. The molecule has 1 aliphatic rings. The highest BCUT2D eigenvalue weighted by Gasteiger charge is 2.29. The van der Waals surface area contributed by atoms with E-state index in [0.29, 0.717) is 33.2 Å². The lowest BCUT2D eigenvalue weighted by molar-refractivity contribution is -0.116. The van der Waals surface area contributed by atoms with Gasteiger partial charge in [-0.2, -0.15) is 5.10 Å². The number of fused-ring (bicyclic) bond motifs is 2. The summed E-state index contributed by atoms with van der Waals surface area (Å²) in [7, 11) is 0. The van der Waals surface area contributed by atoms with Gasteiger partial charge in [-0.15, -0.1) is 0 Å². The molecular formula is C25H23N5O3S. The van der Waals surface area contributed by atoms with Gasteiger partial charge in [-0.05, 0) is 56.7 Å². The summed E-state index contributed by atoms with van der Waals surface area (Å²) < 4.78 is 3.32. The van der Waals surface area contributed by atoms with Crippen molar-refractivity contribution in [2.45, 2.75) is 38.4 Å². The molecule has 1 atom stereocenters. The number of Topliss-reactive ketones (excluding diaryl/α,β-unsaturated/α-hetero) is 1. The summed E-state index contributed by atoms with van der Waals surface area (Å²) in [5, 5.41) is 8.31. The molecule has 172 valence electrons. The molecular weight excluding hydrogens is 450 g/mol. The van der Waals surface area contributed by atoms with Crippen molar-refractivity contribution >= 4 is 40.2 Å². The van der Waals surface area contributed by atoms with Gasteiger partial charge in [0.15, 0.2) is 16.6 Å². The summed E-state index contributed by atoms with van der Waals surface area (Å²) in [6, 6.07) is 12.5. The van der Waals surface area contributed by atoms with Crippen LogP contribution in [0.5, 0.6) is 0 Å². The van der Waals surface area contributed by atoms with Crippen molar-refractivity contribution in [2.75, 3.05) is 11.1 Å². The topological polar surface area (TPSA) is 98.9 Å². The number of carbonyl (C=O) groups excluding carboxylic acids is 2. The van der Waals surface area contributed by atoms with Crippen LogP contribution in [0.1, 0.15) is 40.9 Å². The summed E-state index contributed by atoms with van der Waals surface area (Å²) >= 11 is 1.47. The molecule has 9 heteroatoms. The van der Waals surface area contributed by atoms with E-state index in [1.807, 2.05) is 26.0 Å². The Kier molecular flexibility index (Phi) is 5.57. The van der Waals surface area contributed by atoms with Crippen molar-refractivity contribution in [2.24, 2.45) is 0 Å². The number of aryl methyl sites for hydroxylation is 2. The number of nitrogens with one attached hydrogen (secondary N) is 1. The molecule has 0 bridgehead atoms. The maximum atomic E-state index is 13.3. The fourth-order valence-corrected chi connectivity index (χ4v) is 5.34. The van der Waals surface area contributed by atoms with E-state index >= 15 is 0 Å². The Morgan fingerprint density at radius 1 is 1.15 bits per heavy atom. The number of thioether (sulfide) groups is 1. The molecule has 0 fully saturated rings. The maximum absolute atomic E-state index is 13.3. The molecule has 1 unspecified atom stereocenters. The molecule has 4 aromatic rings. The molecule has 0 saturated carbocycles. The first-order chi connectivity index (χ1) is 16.3. The van der Waals surface area contributed by atoms with Crippen LogP contribution < -0.4 is 10.9 Å². The Balaban J connectivity index is 1.41. The van der Waals surface area contributed by atoms with Crippen LogP contribution in [0.15, 0.2) is 58.6 Å². The van der Waals surface area contributed by atoms with Gasteiger partial charge in [0.25, 0.3) is 5.56 Å². The summed E-state index contributed by atoms with van der Waals surface area (Å²) in [5.74, 6) is 0.353. The van der Waals surface area contributed by atoms with Crippen LogP contribution >= 0.6 is 11.8 Å². The van der Waals surface area contributed by atoms with E-state index in [1.54, 1.807) is 39.7 Å². The second kappa shape index (κ2) is 8.57. The minimum Gasteiger partial charge on any atom is -0.326 e. The first kappa shape index (κ1) is 22.1. The van der Waals surface area contributed by atoms with Crippen LogP contribution in [0.25, 0.3) is 16.7 Å². The number of ketones is 1. The predicted molar refractivity (Wildman–Crippen MR) is 132 cm³/mol. The Labute approximate surface area is 200 Å². The normalized spacial score (nSPS) is 14.9. The number of aromatic nitrogens is 4. The van der Waals surface area contributed by atoms with Crippen LogP contribution in [-0.4, -0.2) is 36.8 Å². The Morgan fingerprint density at radius 2 is 1.91 bits per heavy atom. The molecule has 1 N–H and O–H groups in total. The third kappa shape index (κ3) is 3.92. The summed E-state index contributed by atoms with van der Waals surface area (Å²) in [5.41, 5.74) is 4.60. The van der Waals surface area contributed by atoms with E-state index in [9.17, 15) is 14.4 Å². The Morgan fingerprint density at radius 3 is 2.62 bits per heavy atom. The van der Waals surface area contributed by atoms with Crippen LogP contribution in [-0.2, 0) is 4.79 Å². The highest BCUT2D eigenvalue weighted by Crippen LogP contribution is 2.33. The van der Waals surface area contributed by atoms with Crippen molar-refractivity contribution in [1.29, 1.82) is 0 Å². The standard InChI is InChI=1S/C25H23N5O3S/c1-14-4-9-21(15(2)10-14)30-23-20(12-26-30)24(33)29-19(13-34-25(29)28-23)11-22(32)27-18-7-5-17(6-8-18)16(3)31/h4-10,12,19H,11,13H2,1-3H3,(H,27,32). The van der Waals surface area contributed by atoms with Crippen molar-refractivity contribution in [3.05, 3.63) is 75.7 Å². The van der Waals surface area contributed by atoms with E-state index < -0.39 is 0 Å². The van der Waals surface area contributed by atoms with Crippen LogP contribution in [0.2, 0.25) is 0 Å². The molecule has 0 aliphatic carbocycles. The van der Waals surface area contributed by atoms with Gasteiger partial charge in [-0.25, -0.2) is 9.67 Å². The van der Waals surface area contributed by atoms with Crippen molar-refractivity contribution in [3.8, 4) is 5.69 Å². The molecule has 1 amide bonds.